The van der Waals surface area contributed by atoms with Gasteiger partial charge in [-0.2, -0.15) is 0 Å². The third-order valence-corrected chi connectivity index (χ3v) is 3.14. The zero-order chi connectivity index (χ0) is 12.3. The van der Waals surface area contributed by atoms with E-state index in [0.717, 1.165) is 4.47 Å². The summed E-state index contributed by atoms with van der Waals surface area (Å²) in [4.78, 5) is 0. The van der Waals surface area contributed by atoms with E-state index < -0.39 is 5.82 Å². The largest absolute Gasteiger partial charge is 0.489 e. The van der Waals surface area contributed by atoms with Crippen molar-refractivity contribution in [1.82, 2.24) is 0 Å². The van der Waals surface area contributed by atoms with Crippen LogP contribution >= 0.6 is 27.5 Å². The van der Waals surface area contributed by atoms with Crippen molar-refractivity contribution in [2.45, 2.75) is 6.61 Å². The monoisotopic (exact) mass is 314 g/mol. The standard InChI is InChI=1S/C13H9BrClFO/c14-10-4-2-5-11(7-10)17-8-9-3-1-6-12(16)13(9)15/h1-7H,8H2. The lowest BCUT2D eigenvalue weighted by Crippen LogP contribution is -1.97. The number of ether oxygens (including phenoxy) is 1. The molecule has 0 bridgehead atoms. The van der Waals surface area contributed by atoms with Gasteiger partial charge in [0.25, 0.3) is 0 Å². The summed E-state index contributed by atoms with van der Waals surface area (Å²) in [6.07, 6.45) is 0. The Kier molecular flexibility index (Phi) is 4.02. The van der Waals surface area contributed by atoms with Gasteiger partial charge in [0, 0.05) is 10.0 Å². The minimum absolute atomic E-state index is 0.113. The quantitative estimate of drug-likeness (QED) is 0.789. The summed E-state index contributed by atoms with van der Waals surface area (Å²) in [5, 5.41) is 0.113. The van der Waals surface area contributed by atoms with Crippen LogP contribution in [0.15, 0.2) is 46.9 Å². The molecule has 0 saturated carbocycles. The van der Waals surface area contributed by atoms with Crippen LogP contribution in [0.1, 0.15) is 5.56 Å². The Morgan fingerprint density at radius 2 is 1.94 bits per heavy atom. The molecule has 0 aliphatic carbocycles. The van der Waals surface area contributed by atoms with Crippen molar-refractivity contribution in [1.29, 1.82) is 0 Å². The Morgan fingerprint density at radius 1 is 1.18 bits per heavy atom. The van der Waals surface area contributed by atoms with E-state index >= 15 is 0 Å². The van der Waals surface area contributed by atoms with Crippen molar-refractivity contribution in [2.75, 3.05) is 0 Å². The van der Waals surface area contributed by atoms with Crippen LogP contribution in [0, 0.1) is 5.82 Å². The highest BCUT2D eigenvalue weighted by molar-refractivity contribution is 9.10. The van der Waals surface area contributed by atoms with Gasteiger partial charge in [0.2, 0.25) is 0 Å². The fourth-order valence-electron chi connectivity index (χ4n) is 1.38. The first-order chi connectivity index (χ1) is 8.16. The third kappa shape index (κ3) is 3.20. The first-order valence-electron chi connectivity index (χ1n) is 4.98. The summed E-state index contributed by atoms with van der Waals surface area (Å²) >= 11 is 9.17. The number of halogens is 3. The highest BCUT2D eigenvalue weighted by Crippen LogP contribution is 2.23. The third-order valence-electron chi connectivity index (χ3n) is 2.22. The average molecular weight is 316 g/mol. The zero-order valence-electron chi connectivity index (χ0n) is 8.79. The van der Waals surface area contributed by atoms with Gasteiger partial charge in [-0.05, 0) is 24.3 Å². The first kappa shape index (κ1) is 12.4. The summed E-state index contributed by atoms with van der Waals surface area (Å²) in [5.41, 5.74) is 0.631. The highest BCUT2D eigenvalue weighted by Gasteiger charge is 2.06. The van der Waals surface area contributed by atoms with E-state index in [2.05, 4.69) is 15.9 Å². The Balaban J connectivity index is 2.10. The highest BCUT2D eigenvalue weighted by atomic mass is 79.9. The predicted molar refractivity (Wildman–Crippen MR) is 69.9 cm³/mol. The normalized spacial score (nSPS) is 10.3. The Morgan fingerprint density at radius 3 is 2.71 bits per heavy atom. The molecule has 0 spiro atoms. The minimum atomic E-state index is -0.429. The lowest BCUT2D eigenvalue weighted by Gasteiger charge is -2.08. The van der Waals surface area contributed by atoms with Crippen LogP contribution in [-0.2, 0) is 6.61 Å². The maximum atomic E-state index is 13.2. The van der Waals surface area contributed by atoms with E-state index in [1.165, 1.54) is 6.07 Å². The molecule has 0 unspecified atom stereocenters. The number of hydrogen-bond donors (Lipinski definition) is 0. The van der Waals surface area contributed by atoms with Gasteiger partial charge in [0.1, 0.15) is 18.2 Å². The van der Waals surface area contributed by atoms with Crippen molar-refractivity contribution in [2.24, 2.45) is 0 Å². The molecule has 0 saturated heterocycles. The molecule has 2 aromatic rings. The maximum Gasteiger partial charge on any atom is 0.142 e. The van der Waals surface area contributed by atoms with Gasteiger partial charge in [-0.1, -0.05) is 45.7 Å². The Labute approximate surface area is 112 Å². The molecule has 4 heteroatoms. The minimum Gasteiger partial charge on any atom is -0.489 e. The van der Waals surface area contributed by atoms with E-state index in [4.69, 9.17) is 16.3 Å². The van der Waals surface area contributed by atoms with Gasteiger partial charge in [-0.25, -0.2) is 4.39 Å². The SMILES string of the molecule is Fc1cccc(COc2cccc(Br)c2)c1Cl. The summed E-state index contributed by atoms with van der Waals surface area (Å²) in [6, 6.07) is 12.1. The molecule has 0 fully saturated rings. The molecule has 0 aliphatic heterocycles. The fourth-order valence-corrected chi connectivity index (χ4v) is 1.94. The second-order valence-corrected chi connectivity index (χ2v) is 4.75. The molecule has 0 radical (unpaired) electrons. The van der Waals surface area contributed by atoms with Gasteiger partial charge in [0.15, 0.2) is 0 Å². The smallest absolute Gasteiger partial charge is 0.142 e. The second-order valence-electron chi connectivity index (χ2n) is 3.46. The molecule has 2 rings (SSSR count). The van der Waals surface area contributed by atoms with Crippen LogP contribution < -0.4 is 4.74 Å². The molecule has 0 aromatic heterocycles. The molecule has 0 heterocycles. The second kappa shape index (κ2) is 5.52. The molecule has 1 nitrogen and oxygen atoms in total. The van der Waals surface area contributed by atoms with Crippen molar-refractivity contribution in [3.05, 3.63) is 63.3 Å². The summed E-state index contributed by atoms with van der Waals surface area (Å²) in [7, 11) is 0. The van der Waals surface area contributed by atoms with E-state index in [0.29, 0.717) is 11.3 Å². The molecule has 0 N–H and O–H groups in total. The lowest BCUT2D eigenvalue weighted by atomic mass is 10.2. The van der Waals surface area contributed by atoms with Crippen molar-refractivity contribution in [3.63, 3.8) is 0 Å². The van der Waals surface area contributed by atoms with E-state index in [9.17, 15) is 4.39 Å². The van der Waals surface area contributed by atoms with Gasteiger partial charge in [-0.15, -0.1) is 0 Å². The summed E-state index contributed by atoms with van der Waals surface area (Å²) in [5.74, 6) is 0.279. The summed E-state index contributed by atoms with van der Waals surface area (Å²) in [6.45, 7) is 0.243. The molecule has 0 amide bonds. The molecule has 0 atom stereocenters. The Hall–Kier alpha value is -1.06. The van der Waals surface area contributed by atoms with Crippen LogP contribution in [0.4, 0.5) is 4.39 Å². The molecule has 2 aromatic carbocycles. The Bertz CT molecular complexity index is 531. The van der Waals surface area contributed by atoms with Gasteiger partial charge in [-0.3, -0.25) is 0 Å². The number of hydrogen-bond acceptors (Lipinski definition) is 1. The average Bonchev–Trinajstić information content (AvgIpc) is 2.31. The van der Waals surface area contributed by atoms with E-state index in [1.54, 1.807) is 12.1 Å². The van der Waals surface area contributed by atoms with Crippen molar-refractivity contribution >= 4 is 27.5 Å². The molecular weight excluding hydrogens is 306 g/mol. The van der Waals surface area contributed by atoms with Crippen molar-refractivity contribution < 1.29 is 9.13 Å². The summed E-state index contributed by atoms with van der Waals surface area (Å²) < 4.78 is 19.6. The lowest BCUT2D eigenvalue weighted by molar-refractivity contribution is 0.305. The van der Waals surface area contributed by atoms with Gasteiger partial charge < -0.3 is 4.74 Å². The maximum absolute atomic E-state index is 13.2. The van der Waals surface area contributed by atoms with E-state index in [1.807, 2.05) is 24.3 Å². The molecule has 17 heavy (non-hydrogen) atoms. The van der Waals surface area contributed by atoms with Crippen LogP contribution in [0.25, 0.3) is 0 Å². The number of benzene rings is 2. The van der Waals surface area contributed by atoms with Gasteiger partial charge >= 0.3 is 0 Å². The molecular formula is C13H9BrClFO. The molecule has 0 aliphatic rings. The topological polar surface area (TPSA) is 9.23 Å². The zero-order valence-corrected chi connectivity index (χ0v) is 11.1. The van der Waals surface area contributed by atoms with Crippen molar-refractivity contribution in [3.8, 4) is 5.75 Å². The predicted octanol–water partition coefficient (Wildman–Crippen LogP) is 4.82. The van der Waals surface area contributed by atoms with Crippen LogP contribution in [0.3, 0.4) is 0 Å². The first-order valence-corrected chi connectivity index (χ1v) is 6.15. The number of rotatable bonds is 3. The van der Waals surface area contributed by atoms with Crippen LogP contribution in [0.5, 0.6) is 5.75 Å². The fraction of sp³-hybridized carbons (Fsp3) is 0.0769. The van der Waals surface area contributed by atoms with E-state index in [-0.39, 0.29) is 11.6 Å². The van der Waals surface area contributed by atoms with Crippen LogP contribution in [-0.4, -0.2) is 0 Å². The van der Waals surface area contributed by atoms with Crippen LogP contribution in [0.2, 0.25) is 5.02 Å². The molecule has 88 valence electrons. The van der Waals surface area contributed by atoms with Gasteiger partial charge in [0.05, 0.1) is 5.02 Å².